The SMILES string of the molecule is C=CC(=O)N1CCC(OCc2cccc(C(F)(F)F)c2)C1.c1cn[nH]n1. The summed E-state index contributed by atoms with van der Waals surface area (Å²) in [6, 6.07) is 5.08. The normalized spacial score (nSPS) is 16.7. The second kappa shape index (κ2) is 9.14. The standard InChI is InChI=1S/C15H16F3NO2.C2H3N3/c1-2-14(20)19-7-6-13(9-19)21-10-11-4-3-5-12(8-11)15(16,17)18;1-2-4-5-3-1/h2-5,8,13H,1,6-7,9-10H2;1-2H,(H,3,4,5). The van der Waals surface area contributed by atoms with Crippen LogP contribution < -0.4 is 0 Å². The Hall–Kier alpha value is -2.68. The molecule has 1 aliphatic rings. The average Bonchev–Trinajstić information content (AvgIpc) is 3.33. The first kappa shape index (κ1) is 19.6. The molecule has 26 heavy (non-hydrogen) atoms. The van der Waals surface area contributed by atoms with Gasteiger partial charge in [0.25, 0.3) is 0 Å². The van der Waals surface area contributed by atoms with Crippen molar-refractivity contribution in [3.63, 3.8) is 0 Å². The molecule has 1 aromatic carbocycles. The van der Waals surface area contributed by atoms with Crippen molar-refractivity contribution < 1.29 is 22.7 Å². The Morgan fingerprint density at radius 1 is 1.38 bits per heavy atom. The number of hydrogen-bond acceptors (Lipinski definition) is 4. The van der Waals surface area contributed by atoms with Crippen LogP contribution in [0.2, 0.25) is 0 Å². The van der Waals surface area contributed by atoms with E-state index >= 15 is 0 Å². The van der Waals surface area contributed by atoms with Crippen LogP contribution in [0.4, 0.5) is 13.2 Å². The maximum Gasteiger partial charge on any atom is 0.416 e. The van der Waals surface area contributed by atoms with E-state index in [2.05, 4.69) is 22.0 Å². The average molecular weight is 368 g/mol. The number of benzene rings is 1. The summed E-state index contributed by atoms with van der Waals surface area (Å²) < 4.78 is 43.4. The number of H-pyrrole nitrogens is 1. The van der Waals surface area contributed by atoms with Gasteiger partial charge in [0.2, 0.25) is 5.91 Å². The van der Waals surface area contributed by atoms with Crippen molar-refractivity contribution in [2.24, 2.45) is 0 Å². The third kappa shape index (κ3) is 5.99. The van der Waals surface area contributed by atoms with Gasteiger partial charge in [0.1, 0.15) is 0 Å². The lowest BCUT2D eigenvalue weighted by Crippen LogP contribution is -2.28. The zero-order valence-corrected chi connectivity index (χ0v) is 13.9. The number of nitrogens with one attached hydrogen (secondary N) is 1. The predicted octanol–water partition coefficient (Wildman–Crippen LogP) is 2.81. The first-order valence-corrected chi connectivity index (χ1v) is 7.89. The molecule has 1 N–H and O–H groups in total. The zero-order valence-electron chi connectivity index (χ0n) is 13.9. The Morgan fingerprint density at radius 2 is 2.12 bits per heavy atom. The Kier molecular flexibility index (Phi) is 6.90. The third-order valence-electron chi connectivity index (χ3n) is 3.70. The Bertz CT molecular complexity index is 687. The molecule has 0 spiro atoms. The lowest BCUT2D eigenvalue weighted by molar-refractivity contribution is -0.137. The second-order valence-corrected chi connectivity index (χ2v) is 5.56. The summed E-state index contributed by atoms with van der Waals surface area (Å²) in [4.78, 5) is 13.0. The van der Waals surface area contributed by atoms with Crippen LogP contribution in [0.1, 0.15) is 17.5 Å². The molecular weight excluding hydrogens is 349 g/mol. The molecule has 1 amide bonds. The number of likely N-dealkylation sites (tertiary alicyclic amines) is 1. The summed E-state index contributed by atoms with van der Waals surface area (Å²) in [6.07, 6.45) is 0.591. The number of alkyl halides is 3. The van der Waals surface area contributed by atoms with Crippen molar-refractivity contribution in [2.75, 3.05) is 13.1 Å². The second-order valence-electron chi connectivity index (χ2n) is 5.56. The molecule has 0 aliphatic carbocycles. The largest absolute Gasteiger partial charge is 0.416 e. The fraction of sp³-hybridized carbons (Fsp3) is 0.353. The molecule has 3 rings (SSSR count). The Balaban J connectivity index is 0.000000417. The molecule has 2 aromatic rings. The van der Waals surface area contributed by atoms with Crippen LogP contribution in [0.3, 0.4) is 0 Å². The number of aromatic amines is 1. The van der Waals surface area contributed by atoms with Gasteiger partial charge in [-0.25, -0.2) is 0 Å². The number of nitrogens with zero attached hydrogens (tertiary/aromatic N) is 3. The molecule has 1 atom stereocenters. The van der Waals surface area contributed by atoms with Gasteiger partial charge in [0, 0.05) is 13.1 Å². The van der Waals surface area contributed by atoms with Gasteiger partial charge in [-0.3, -0.25) is 4.79 Å². The number of halogens is 3. The molecule has 0 radical (unpaired) electrons. The van der Waals surface area contributed by atoms with E-state index in [9.17, 15) is 18.0 Å². The van der Waals surface area contributed by atoms with Crippen molar-refractivity contribution in [3.05, 3.63) is 60.4 Å². The number of aromatic nitrogens is 3. The fourth-order valence-corrected chi connectivity index (χ4v) is 2.41. The molecule has 1 aromatic heterocycles. The molecule has 140 valence electrons. The molecule has 0 saturated carbocycles. The van der Waals surface area contributed by atoms with E-state index in [-0.39, 0.29) is 18.6 Å². The number of rotatable bonds is 4. The number of carbonyl (C=O) groups is 1. The van der Waals surface area contributed by atoms with Gasteiger partial charge >= 0.3 is 6.18 Å². The lowest BCUT2D eigenvalue weighted by Gasteiger charge is -2.15. The summed E-state index contributed by atoms with van der Waals surface area (Å²) in [7, 11) is 0. The third-order valence-corrected chi connectivity index (χ3v) is 3.70. The van der Waals surface area contributed by atoms with E-state index in [4.69, 9.17) is 4.74 Å². The molecule has 1 saturated heterocycles. The molecule has 6 nitrogen and oxygen atoms in total. The van der Waals surface area contributed by atoms with Gasteiger partial charge in [-0.1, -0.05) is 18.7 Å². The first-order valence-electron chi connectivity index (χ1n) is 7.89. The van der Waals surface area contributed by atoms with Gasteiger partial charge in [-0.2, -0.15) is 28.6 Å². The van der Waals surface area contributed by atoms with Gasteiger partial charge in [0.15, 0.2) is 0 Å². The highest BCUT2D eigenvalue weighted by Crippen LogP contribution is 2.29. The topological polar surface area (TPSA) is 71.1 Å². The molecule has 2 heterocycles. The van der Waals surface area contributed by atoms with Crippen molar-refractivity contribution in [1.82, 2.24) is 20.3 Å². The molecular formula is C17H19F3N4O2. The van der Waals surface area contributed by atoms with E-state index in [1.807, 2.05) is 0 Å². The van der Waals surface area contributed by atoms with Gasteiger partial charge < -0.3 is 9.64 Å². The highest BCUT2D eigenvalue weighted by molar-refractivity contribution is 5.87. The van der Waals surface area contributed by atoms with E-state index in [1.165, 1.54) is 12.1 Å². The van der Waals surface area contributed by atoms with Crippen molar-refractivity contribution >= 4 is 5.91 Å². The van der Waals surface area contributed by atoms with Crippen LogP contribution in [0, 0.1) is 0 Å². The first-order chi connectivity index (χ1) is 12.4. The van der Waals surface area contributed by atoms with Gasteiger partial charge in [-0.05, 0) is 30.2 Å². The summed E-state index contributed by atoms with van der Waals surface area (Å²) >= 11 is 0. The van der Waals surface area contributed by atoms with Crippen LogP contribution in [0.25, 0.3) is 0 Å². The van der Waals surface area contributed by atoms with E-state index in [0.29, 0.717) is 25.1 Å². The van der Waals surface area contributed by atoms with Crippen molar-refractivity contribution in [2.45, 2.75) is 25.3 Å². The quantitative estimate of drug-likeness (QED) is 0.843. The minimum Gasteiger partial charge on any atom is -0.372 e. The molecule has 9 heteroatoms. The highest BCUT2D eigenvalue weighted by atomic mass is 19.4. The maximum absolute atomic E-state index is 12.6. The van der Waals surface area contributed by atoms with Crippen LogP contribution in [-0.2, 0) is 22.3 Å². The molecule has 1 aliphatic heterocycles. The highest BCUT2D eigenvalue weighted by Gasteiger charge is 2.30. The van der Waals surface area contributed by atoms with Crippen molar-refractivity contribution in [1.29, 1.82) is 0 Å². The summed E-state index contributed by atoms with van der Waals surface area (Å²) in [6.45, 7) is 4.55. The Morgan fingerprint density at radius 3 is 2.69 bits per heavy atom. The lowest BCUT2D eigenvalue weighted by atomic mass is 10.1. The van der Waals surface area contributed by atoms with Crippen LogP contribution in [-0.4, -0.2) is 45.4 Å². The van der Waals surface area contributed by atoms with Crippen LogP contribution in [0.15, 0.2) is 49.3 Å². The number of hydrogen-bond donors (Lipinski definition) is 1. The number of carbonyl (C=O) groups excluding carboxylic acids is 1. The summed E-state index contributed by atoms with van der Waals surface area (Å²) in [5.74, 6) is -0.153. The van der Waals surface area contributed by atoms with Crippen LogP contribution in [0.5, 0.6) is 0 Å². The van der Waals surface area contributed by atoms with Gasteiger partial charge in [0.05, 0.1) is 30.7 Å². The zero-order chi connectivity index (χ0) is 19.0. The molecule has 0 bridgehead atoms. The Labute approximate surface area is 148 Å². The van der Waals surface area contributed by atoms with E-state index in [1.54, 1.807) is 23.4 Å². The van der Waals surface area contributed by atoms with Gasteiger partial charge in [-0.15, -0.1) is 0 Å². The monoisotopic (exact) mass is 368 g/mol. The predicted molar refractivity (Wildman–Crippen MR) is 87.8 cm³/mol. The summed E-state index contributed by atoms with van der Waals surface area (Å²) in [5.41, 5.74) is -0.211. The number of ether oxygens (including phenoxy) is 1. The smallest absolute Gasteiger partial charge is 0.372 e. The number of amides is 1. The maximum atomic E-state index is 12.6. The minimum absolute atomic E-state index is 0.102. The van der Waals surface area contributed by atoms with Crippen molar-refractivity contribution in [3.8, 4) is 0 Å². The van der Waals surface area contributed by atoms with E-state index < -0.39 is 11.7 Å². The fourth-order valence-electron chi connectivity index (χ4n) is 2.41. The summed E-state index contributed by atoms with van der Waals surface area (Å²) in [5, 5.41) is 9.33. The van der Waals surface area contributed by atoms with Crippen LogP contribution >= 0.6 is 0 Å². The minimum atomic E-state index is -4.35. The van der Waals surface area contributed by atoms with E-state index in [0.717, 1.165) is 12.1 Å². The molecule has 1 fully saturated rings. The molecule has 1 unspecified atom stereocenters.